The third-order valence-electron chi connectivity index (χ3n) is 9.73. The Morgan fingerprint density at radius 2 is 1.10 bits per heavy atom. The molecule has 0 aliphatic heterocycles. The molecule has 12 heteroatoms. The number of ether oxygens (including phenoxy) is 2. The highest BCUT2D eigenvalue weighted by Gasteiger charge is 2.27. The summed E-state index contributed by atoms with van der Waals surface area (Å²) < 4.78 is 34.1. The summed E-state index contributed by atoms with van der Waals surface area (Å²) in [4.78, 5) is 35.4. The van der Waals surface area contributed by atoms with E-state index < -0.39 is 44.7 Å². The Balaban J connectivity index is 4.57. The molecule has 0 spiro atoms. The highest BCUT2D eigenvalue weighted by molar-refractivity contribution is 7.47. The number of esters is 2. The van der Waals surface area contributed by atoms with Gasteiger partial charge < -0.3 is 29.1 Å². The Hall–Kier alpha value is -2.37. The maximum absolute atomic E-state index is 12.7. The summed E-state index contributed by atoms with van der Waals surface area (Å²) in [5, 5.41) is 20.2. The molecule has 0 aromatic carbocycles. The van der Waals surface area contributed by atoms with Crippen molar-refractivity contribution in [2.24, 2.45) is 0 Å². The van der Waals surface area contributed by atoms with Gasteiger partial charge in [-0.1, -0.05) is 158 Å². The molecule has 0 rings (SSSR count). The molecule has 60 heavy (non-hydrogen) atoms. The first kappa shape index (κ1) is 57.6. The van der Waals surface area contributed by atoms with Crippen molar-refractivity contribution in [3.63, 3.8) is 0 Å². The van der Waals surface area contributed by atoms with Gasteiger partial charge in [-0.2, -0.15) is 0 Å². The first-order valence-electron chi connectivity index (χ1n) is 23.2. The quantitative estimate of drug-likeness (QED) is 0.0135. The molecule has 0 aliphatic rings. The molecule has 11 nitrogen and oxygen atoms in total. The van der Waals surface area contributed by atoms with E-state index in [9.17, 15) is 29.3 Å². The summed E-state index contributed by atoms with van der Waals surface area (Å²) >= 11 is 0. The summed E-state index contributed by atoms with van der Waals surface area (Å²) in [6, 6.07) is 0. The summed E-state index contributed by atoms with van der Waals surface area (Å²) in [7, 11) is 1.32. The Kier molecular flexibility index (Phi) is 37.9. The van der Waals surface area contributed by atoms with E-state index >= 15 is 0 Å². The van der Waals surface area contributed by atoms with Gasteiger partial charge in [0.1, 0.15) is 19.8 Å². The molecule has 0 aromatic heterocycles. The molecule has 0 saturated heterocycles. The fraction of sp³-hybridized carbons (Fsp3) is 0.750. The number of phosphoric ester groups is 1. The molecule has 3 N–H and O–H groups in total. The number of hydrogen-bond donors (Lipinski definition) is 3. The van der Waals surface area contributed by atoms with Crippen LogP contribution in [0.15, 0.2) is 60.8 Å². The van der Waals surface area contributed by atoms with Crippen LogP contribution in [0.2, 0.25) is 0 Å². The van der Waals surface area contributed by atoms with E-state index in [0.717, 1.165) is 51.4 Å². The molecular formula is C48H87NO10P+. The number of aliphatic hydroxyl groups excluding tert-OH is 2. The third kappa shape index (κ3) is 42.3. The molecule has 0 saturated carbocycles. The molecule has 0 heterocycles. The maximum Gasteiger partial charge on any atom is 0.472 e. The highest BCUT2D eigenvalue weighted by atomic mass is 31.2. The van der Waals surface area contributed by atoms with Crippen LogP contribution in [-0.4, -0.2) is 97.3 Å². The largest absolute Gasteiger partial charge is 0.472 e. The molecule has 0 fully saturated rings. The lowest BCUT2D eigenvalue weighted by molar-refractivity contribution is -0.870. The molecule has 0 amide bonds. The Morgan fingerprint density at radius 3 is 1.67 bits per heavy atom. The minimum atomic E-state index is -4.44. The van der Waals surface area contributed by atoms with Gasteiger partial charge in [0.2, 0.25) is 0 Å². The zero-order valence-corrected chi connectivity index (χ0v) is 39.3. The number of nitrogens with zero attached hydrogens (tertiary/aromatic N) is 1. The summed E-state index contributed by atoms with van der Waals surface area (Å²) in [5.74, 6) is -1.03. The smallest absolute Gasteiger partial charge is 0.462 e. The highest BCUT2D eigenvalue weighted by Crippen LogP contribution is 2.43. The van der Waals surface area contributed by atoms with Gasteiger partial charge in [-0.25, -0.2) is 4.57 Å². The van der Waals surface area contributed by atoms with Gasteiger partial charge in [-0.05, 0) is 57.8 Å². The average Bonchev–Trinajstić information content (AvgIpc) is 3.19. The van der Waals surface area contributed by atoms with Gasteiger partial charge in [0, 0.05) is 12.8 Å². The van der Waals surface area contributed by atoms with E-state index in [-0.39, 0.29) is 26.1 Å². The molecule has 348 valence electrons. The summed E-state index contributed by atoms with van der Waals surface area (Å²) in [6.07, 6.45) is 40.5. The van der Waals surface area contributed by atoms with Crippen molar-refractivity contribution < 1.29 is 52.3 Å². The predicted octanol–water partition coefficient (Wildman–Crippen LogP) is 11.2. The molecule has 1 unspecified atom stereocenters. The van der Waals surface area contributed by atoms with Gasteiger partial charge in [0.15, 0.2) is 6.10 Å². The lowest BCUT2D eigenvalue weighted by atomic mass is 10.1. The van der Waals surface area contributed by atoms with Crippen LogP contribution in [0.25, 0.3) is 0 Å². The van der Waals surface area contributed by atoms with Gasteiger partial charge >= 0.3 is 19.8 Å². The predicted molar refractivity (Wildman–Crippen MR) is 245 cm³/mol. The number of phosphoric acid groups is 1. The summed E-state index contributed by atoms with van der Waals surface area (Å²) in [5.41, 5.74) is 0. The first-order valence-corrected chi connectivity index (χ1v) is 24.7. The van der Waals surface area contributed by atoms with Crippen molar-refractivity contribution in [3.8, 4) is 0 Å². The average molecular weight is 869 g/mol. The van der Waals surface area contributed by atoms with Crippen molar-refractivity contribution in [2.75, 3.05) is 47.5 Å². The number of carbonyl (C=O) groups excluding carboxylic acids is 2. The van der Waals surface area contributed by atoms with E-state index in [4.69, 9.17) is 18.5 Å². The standard InChI is InChI=1S/C48H86NO10P/c1-6-8-10-11-12-13-14-15-16-17-18-19-20-21-25-28-32-38-47(52)56-42-46(43-58-60(54,55)57-41-40-49(3,4)5)59-48(53)39-33-37-45(51)36-31-27-24-22-23-26-30-35-44(50)34-29-9-7-2/h15-16,23-24,26-27,30-31,35-36,44-46,50-51H,6-14,17-22,25,28-29,32-34,37-43H2,1-5H3/p+1/b16-15-,26-23-,27-24-,35-30+,36-31+/t44-,45-,46-/m1/s1. The number of unbranched alkanes of at least 4 members (excludes halogenated alkanes) is 15. The topological polar surface area (TPSA) is 149 Å². The first-order chi connectivity index (χ1) is 28.8. The molecule has 0 radical (unpaired) electrons. The number of hydrogen-bond acceptors (Lipinski definition) is 9. The fourth-order valence-electron chi connectivity index (χ4n) is 5.99. The second kappa shape index (κ2) is 39.5. The fourth-order valence-corrected chi connectivity index (χ4v) is 6.73. The minimum absolute atomic E-state index is 0.0104. The van der Waals surface area contributed by atoms with Crippen molar-refractivity contribution in [2.45, 2.75) is 186 Å². The Labute approximate surface area is 365 Å². The van der Waals surface area contributed by atoms with E-state index in [0.29, 0.717) is 36.7 Å². The van der Waals surface area contributed by atoms with Crippen LogP contribution in [0.4, 0.5) is 0 Å². The maximum atomic E-state index is 12.7. The zero-order valence-electron chi connectivity index (χ0n) is 38.4. The van der Waals surface area contributed by atoms with Crippen molar-refractivity contribution in [1.82, 2.24) is 0 Å². The Morgan fingerprint density at radius 1 is 0.600 bits per heavy atom. The summed E-state index contributed by atoms with van der Waals surface area (Å²) in [6.45, 7) is 4.04. The number of rotatable bonds is 41. The zero-order chi connectivity index (χ0) is 44.6. The van der Waals surface area contributed by atoms with Crippen LogP contribution in [0, 0.1) is 0 Å². The number of likely N-dealkylation sites (N-methyl/N-ethyl adjacent to an activating group) is 1. The van der Waals surface area contributed by atoms with E-state index in [2.05, 4.69) is 26.0 Å². The van der Waals surface area contributed by atoms with Gasteiger partial charge in [-0.15, -0.1) is 0 Å². The van der Waals surface area contributed by atoms with E-state index in [1.807, 2.05) is 51.5 Å². The lowest BCUT2D eigenvalue weighted by Gasteiger charge is -2.24. The van der Waals surface area contributed by atoms with Crippen LogP contribution >= 0.6 is 7.82 Å². The number of quaternary nitrogens is 1. The molecule has 0 aromatic rings. The van der Waals surface area contributed by atoms with Crippen LogP contribution in [0.1, 0.15) is 168 Å². The Bertz CT molecular complexity index is 1240. The van der Waals surface area contributed by atoms with Crippen molar-refractivity contribution in [1.29, 1.82) is 0 Å². The van der Waals surface area contributed by atoms with Crippen LogP contribution in [-0.2, 0) is 32.7 Å². The van der Waals surface area contributed by atoms with Crippen LogP contribution in [0.5, 0.6) is 0 Å². The van der Waals surface area contributed by atoms with E-state index in [1.165, 1.54) is 64.2 Å². The monoisotopic (exact) mass is 869 g/mol. The normalized spacial score (nSPS) is 15.1. The molecule has 4 atom stereocenters. The van der Waals surface area contributed by atoms with Crippen molar-refractivity contribution >= 4 is 19.8 Å². The number of aliphatic hydroxyl groups is 2. The minimum Gasteiger partial charge on any atom is -0.462 e. The number of allylic oxidation sites excluding steroid dienone is 8. The number of carbonyl (C=O) groups is 2. The third-order valence-corrected chi connectivity index (χ3v) is 10.7. The van der Waals surface area contributed by atoms with E-state index in [1.54, 1.807) is 18.2 Å². The lowest BCUT2D eigenvalue weighted by Crippen LogP contribution is -2.37. The van der Waals surface area contributed by atoms with Crippen molar-refractivity contribution in [3.05, 3.63) is 60.8 Å². The SMILES string of the molecule is CCCCCCCC/C=C\CCCCCCCCCC(=O)OC[C@H](COP(=O)(O)OCC[N+](C)(C)C)OC(=O)CCC[C@H](O)/C=C/C=C\C/C=C\C=C\[C@H](O)CCCCC. The van der Waals surface area contributed by atoms with Crippen LogP contribution in [0.3, 0.4) is 0 Å². The second-order valence-electron chi connectivity index (χ2n) is 16.8. The van der Waals surface area contributed by atoms with Gasteiger partial charge in [0.05, 0.1) is 40.0 Å². The molecule has 0 bridgehead atoms. The second-order valence-corrected chi connectivity index (χ2v) is 18.3. The molecule has 0 aliphatic carbocycles. The van der Waals surface area contributed by atoms with Gasteiger partial charge in [-0.3, -0.25) is 18.6 Å². The van der Waals surface area contributed by atoms with Gasteiger partial charge in [0.25, 0.3) is 0 Å². The van der Waals surface area contributed by atoms with Crippen LogP contribution < -0.4 is 0 Å². The molecular weight excluding hydrogens is 781 g/mol.